The van der Waals surface area contributed by atoms with Crippen molar-refractivity contribution in [2.24, 2.45) is 0 Å². The number of aryl methyl sites for hydroxylation is 1. The van der Waals surface area contributed by atoms with Crippen molar-refractivity contribution >= 4 is 17.2 Å². The molecule has 0 radical (unpaired) electrons. The first-order valence-corrected chi connectivity index (χ1v) is 7.92. The van der Waals surface area contributed by atoms with E-state index in [2.05, 4.69) is 10.3 Å². The molecule has 0 aliphatic heterocycles. The lowest BCUT2D eigenvalue weighted by Gasteiger charge is -2.12. The zero-order valence-corrected chi connectivity index (χ0v) is 13.8. The van der Waals surface area contributed by atoms with E-state index in [-0.39, 0.29) is 5.56 Å². The zero-order valence-electron chi connectivity index (χ0n) is 13.8. The standard InChI is InChI=1S/C18H17F2N3O2/c1-3-12-9-23-10-15(16(25-4-2)8-17(23)21-12)22-18(24)13-6-5-11(19)7-14(13)20/h5-10H,3-4H2,1-2H3,(H,22,24). The molecule has 25 heavy (non-hydrogen) atoms. The van der Waals surface area contributed by atoms with E-state index in [1.807, 2.05) is 20.0 Å². The summed E-state index contributed by atoms with van der Waals surface area (Å²) < 4.78 is 34.1. The van der Waals surface area contributed by atoms with Gasteiger partial charge in [0.25, 0.3) is 5.91 Å². The number of rotatable bonds is 5. The summed E-state index contributed by atoms with van der Waals surface area (Å²) in [4.78, 5) is 16.8. The molecule has 3 rings (SSSR count). The second-order valence-electron chi connectivity index (χ2n) is 5.41. The normalized spacial score (nSPS) is 10.9. The van der Waals surface area contributed by atoms with Crippen LogP contribution in [0.5, 0.6) is 5.75 Å². The van der Waals surface area contributed by atoms with Crippen molar-refractivity contribution in [2.45, 2.75) is 20.3 Å². The first-order chi connectivity index (χ1) is 12.0. The Morgan fingerprint density at radius 2 is 2.04 bits per heavy atom. The molecule has 1 N–H and O–H groups in total. The molecule has 5 nitrogen and oxygen atoms in total. The highest BCUT2D eigenvalue weighted by Crippen LogP contribution is 2.27. The summed E-state index contributed by atoms with van der Waals surface area (Å²) in [7, 11) is 0. The summed E-state index contributed by atoms with van der Waals surface area (Å²) in [5.74, 6) is -1.92. The Bertz CT molecular complexity index is 937. The maximum atomic E-state index is 13.8. The number of aromatic nitrogens is 2. The van der Waals surface area contributed by atoms with Crippen molar-refractivity contribution in [2.75, 3.05) is 11.9 Å². The molecule has 0 saturated carbocycles. The predicted molar refractivity (Wildman–Crippen MR) is 90.1 cm³/mol. The summed E-state index contributed by atoms with van der Waals surface area (Å²) in [5.41, 5.74) is 1.72. The van der Waals surface area contributed by atoms with Gasteiger partial charge in [-0.05, 0) is 25.5 Å². The average Bonchev–Trinajstić information content (AvgIpc) is 2.97. The van der Waals surface area contributed by atoms with E-state index >= 15 is 0 Å². The largest absolute Gasteiger partial charge is 0.491 e. The smallest absolute Gasteiger partial charge is 0.258 e. The molecule has 0 spiro atoms. The number of pyridine rings is 1. The molecule has 130 valence electrons. The fourth-order valence-corrected chi connectivity index (χ4v) is 2.47. The summed E-state index contributed by atoms with van der Waals surface area (Å²) in [6.45, 7) is 4.20. The monoisotopic (exact) mass is 345 g/mol. The van der Waals surface area contributed by atoms with Crippen molar-refractivity contribution in [3.05, 3.63) is 59.6 Å². The van der Waals surface area contributed by atoms with Crippen LogP contribution >= 0.6 is 0 Å². The Balaban J connectivity index is 1.98. The minimum absolute atomic E-state index is 0.246. The van der Waals surface area contributed by atoms with Crippen molar-refractivity contribution in [3.63, 3.8) is 0 Å². The van der Waals surface area contributed by atoms with E-state index in [0.29, 0.717) is 29.8 Å². The van der Waals surface area contributed by atoms with Gasteiger partial charge in [-0.2, -0.15) is 0 Å². The quantitative estimate of drug-likeness (QED) is 0.765. The second-order valence-corrected chi connectivity index (χ2v) is 5.41. The van der Waals surface area contributed by atoms with Crippen LogP contribution < -0.4 is 10.1 Å². The molecule has 0 saturated heterocycles. The number of anilines is 1. The predicted octanol–water partition coefficient (Wildman–Crippen LogP) is 3.83. The molecule has 7 heteroatoms. The second kappa shape index (κ2) is 6.88. The van der Waals surface area contributed by atoms with Crippen LogP contribution in [0.15, 0.2) is 36.7 Å². The van der Waals surface area contributed by atoms with Gasteiger partial charge < -0.3 is 14.5 Å². The third kappa shape index (κ3) is 3.45. The van der Waals surface area contributed by atoms with Crippen LogP contribution in [0.4, 0.5) is 14.5 Å². The molecule has 0 bridgehead atoms. The lowest BCUT2D eigenvalue weighted by molar-refractivity contribution is 0.102. The van der Waals surface area contributed by atoms with Gasteiger partial charge in [-0.15, -0.1) is 0 Å². The number of amides is 1. The van der Waals surface area contributed by atoms with Crippen LogP contribution in [0.3, 0.4) is 0 Å². The van der Waals surface area contributed by atoms with Crippen LogP contribution in [0, 0.1) is 11.6 Å². The van der Waals surface area contributed by atoms with E-state index in [4.69, 9.17) is 4.74 Å². The van der Waals surface area contributed by atoms with Crippen molar-refractivity contribution in [3.8, 4) is 5.75 Å². The minimum Gasteiger partial charge on any atom is -0.491 e. The molecular weight excluding hydrogens is 328 g/mol. The first kappa shape index (κ1) is 16.9. The molecule has 2 aromatic heterocycles. The summed E-state index contributed by atoms with van der Waals surface area (Å²) in [5, 5.41) is 2.62. The average molecular weight is 345 g/mol. The van der Waals surface area contributed by atoms with E-state index in [0.717, 1.165) is 24.2 Å². The molecule has 3 aromatic rings. The molecule has 0 unspecified atom stereocenters. The number of ether oxygens (including phenoxy) is 1. The van der Waals surface area contributed by atoms with Crippen LogP contribution in [0.25, 0.3) is 5.65 Å². The van der Waals surface area contributed by atoms with Gasteiger partial charge in [0.2, 0.25) is 0 Å². The molecular formula is C18H17F2N3O2. The summed E-state index contributed by atoms with van der Waals surface area (Å²) in [6.07, 6.45) is 4.28. The van der Waals surface area contributed by atoms with E-state index < -0.39 is 17.5 Å². The minimum atomic E-state index is -0.924. The number of nitrogens with zero attached hydrogens (tertiary/aromatic N) is 2. The third-order valence-corrected chi connectivity index (χ3v) is 3.69. The highest BCUT2D eigenvalue weighted by atomic mass is 19.1. The first-order valence-electron chi connectivity index (χ1n) is 7.92. The number of hydrogen-bond acceptors (Lipinski definition) is 3. The topological polar surface area (TPSA) is 55.6 Å². The summed E-state index contributed by atoms with van der Waals surface area (Å²) in [6, 6.07) is 4.52. The van der Waals surface area contributed by atoms with Gasteiger partial charge in [-0.25, -0.2) is 13.8 Å². The number of imidazole rings is 1. The van der Waals surface area contributed by atoms with Crippen LogP contribution in [-0.4, -0.2) is 21.9 Å². The molecule has 0 fully saturated rings. The Morgan fingerprint density at radius 3 is 2.72 bits per heavy atom. The maximum Gasteiger partial charge on any atom is 0.258 e. The van der Waals surface area contributed by atoms with Crippen LogP contribution in [-0.2, 0) is 6.42 Å². The summed E-state index contributed by atoms with van der Waals surface area (Å²) >= 11 is 0. The van der Waals surface area contributed by atoms with Gasteiger partial charge in [0.1, 0.15) is 28.7 Å². The fourth-order valence-electron chi connectivity index (χ4n) is 2.47. The Labute approximate surface area is 143 Å². The van der Waals surface area contributed by atoms with E-state index in [9.17, 15) is 13.6 Å². The van der Waals surface area contributed by atoms with Gasteiger partial charge in [0.05, 0.1) is 17.9 Å². The highest BCUT2D eigenvalue weighted by Gasteiger charge is 2.16. The van der Waals surface area contributed by atoms with Gasteiger partial charge >= 0.3 is 0 Å². The molecule has 1 amide bonds. The lowest BCUT2D eigenvalue weighted by atomic mass is 10.2. The van der Waals surface area contributed by atoms with Crippen molar-refractivity contribution < 1.29 is 18.3 Å². The van der Waals surface area contributed by atoms with Gasteiger partial charge in [-0.1, -0.05) is 6.92 Å². The van der Waals surface area contributed by atoms with Gasteiger partial charge in [0.15, 0.2) is 0 Å². The van der Waals surface area contributed by atoms with Gasteiger partial charge in [-0.3, -0.25) is 4.79 Å². The SMILES string of the molecule is CCOc1cc2nc(CC)cn2cc1NC(=O)c1ccc(F)cc1F. The lowest BCUT2D eigenvalue weighted by Crippen LogP contribution is -2.15. The maximum absolute atomic E-state index is 13.8. The molecule has 0 atom stereocenters. The number of benzene rings is 1. The van der Waals surface area contributed by atoms with Crippen molar-refractivity contribution in [1.29, 1.82) is 0 Å². The Kier molecular flexibility index (Phi) is 4.65. The fraction of sp³-hybridized carbons (Fsp3) is 0.222. The van der Waals surface area contributed by atoms with Gasteiger partial charge in [0, 0.05) is 24.5 Å². The molecule has 0 aliphatic rings. The molecule has 2 heterocycles. The number of halogens is 2. The molecule has 1 aromatic carbocycles. The number of fused-ring (bicyclic) bond motifs is 1. The number of carbonyl (C=O) groups excluding carboxylic acids is 1. The van der Waals surface area contributed by atoms with E-state index in [1.165, 1.54) is 0 Å². The third-order valence-electron chi connectivity index (χ3n) is 3.69. The number of carbonyl (C=O) groups is 1. The Morgan fingerprint density at radius 1 is 1.24 bits per heavy atom. The van der Waals surface area contributed by atoms with Crippen LogP contribution in [0.2, 0.25) is 0 Å². The number of hydrogen-bond donors (Lipinski definition) is 1. The molecule has 0 aliphatic carbocycles. The van der Waals surface area contributed by atoms with Crippen molar-refractivity contribution in [1.82, 2.24) is 9.38 Å². The highest BCUT2D eigenvalue weighted by molar-refractivity contribution is 6.05. The van der Waals surface area contributed by atoms with Crippen LogP contribution in [0.1, 0.15) is 29.9 Å². The zero-order chi connectivity index (χ0) is 18.0. The number of nitrogens with one attached hydrogen (secondary N) is 1. The van der Waals surface area contributed by atoms with E-state index in [1.54, 1.807) is 16.7 Å². The Hall–Kier alpha value is -2.96.